The molecule has 2 aliphatic heterocycles. The average molecular weight is 603 g/mol. The average Bonchev–Trinajstić information content (AvgIpc) is 3.32. The molecule has 0 amide bonds. The van der Waals surface area contributed by atoms with Crippen LogP contribution in [-0.4, -0.2) is 53.6 Å². The third-order valence-corrected chi connectivity index (χ3v) is 19.5. The summed E-state index contributed by atoms with van der Waals surface area (Å²) in [6.07, 6.45) is 17.4. The Morgan fingerprint density at radius 3 is 1.74 bits per heavy atom. The van der Waals surface area contributed by atoms with Gasteiger partial charge < -0.3 is 10.6 Å². The summed E-state index contributed by atoms with van der Waals surface area (Å²) in [5.74, 6) is 5.34. The molecule has 7 rings (SSSR count). The minimum atomic E-state index is -1.57. The van der Waals surface area contributed by atoms with Crippen LogP contribution in [0.4, 0.5) is 0 Å². The predicted molar refractivity (Wildman–Crippen MR) is 183 cm³/mol. The molecule has 0 spiro atoms. The van der Waals surface area contributed by atoms with Crippen LogP contribution >= 0.6 is 18.5 Å². The number of hydrogen-bond acceptors (Lipinski definition) is 2. The van der Waals surface area contributed by atoms with E-state index >= 15 is 0 Å². The number of allylic oxidation sites excluding steroid dienone is 4. The molecule has 0 aromatic carbocycles. The SMILES string of the molecule is C[Si](C)(C)C1=C(C2(CP)C3CC4CC(C3)CC2C4)C(C(P)(C2CCCNC2)C2CCCNC2)=CC1[Si](C)(C)C. The van der Waals surface area contributed by atoms with E-state index in [1.165, 1.54) is 83.7 Å². The van der Waals surface area contributed by atoms with Crippen LogP contribution in [0, 0.1) is 40.9 Å². The van der Waals surface area contributed by atoms with Gasteiger partial charge in [-0.15, -0.1) is 18.5 Å². The summed E-state index contributed by atoms with van der Waals surface area (Å²) < 4.78 is 0. The summed E-state index contributed by atoms with van der Waals surface area (Å²) in [5.41, 5.74) is 5.02. The summed E-state index contributed by atoms with van der Waals surface area (Å²) in [4.78, 5) is 0. The maximum Gasteiger partial charge on any atom is 0.0732 e. The summed E-state index contributed by atoms with van der Waals surface area (Å²) in [6.45, 7) is 21.0. The lowest BCUT2D eigenvalue weighted by molar-refractivity contribution is -0.0741. The van der Waals surface area contributed by atoms with Crippen molar-refractivity contribution in [1.82, 2.24) is 10.6 Å². The van der Waals surface area contributed by atoms with Crippen molar-refractivity contribution in [2.45, 2.75) is 108 Å². The van der Waals surface area contributed by atoms with Crippen LogP contribution in [0.25, 0.3) is 0 Å². The summed E-state index contributed by atoms with van der Waals surface area (Å²) in [6, 6.07) is 0. The van der Waals surface area contributed by atoms with Crippen LogP contribution in [-0.2, 0) is 0 Å². The fourth-order valence-corrected chi connectivity index (χ4v) is 19.3. The highest BCUT2D eigenvalue weighted by molar-refractivity contribution is 7.19. The topological polar surface area (TPSA) is 24.1 Å². The van der Waals surface area contributed by atoms with Crippen molar-refractivity contribution in [3.63, 3.8) is 0 Å². The zero-order chi connectivity index (χ0) is 27.8. The highest BCUT2D eigenvalue weighted by Crippen LogP contribution is 2.70. The minimum Gasteiger partial charge on any atom is -0.316 e. The fraction of sp³-hybridized carbons (Fsp3) is 0.879. The smallest absolute Gasteiger partial charge is 0.0732 e. The van der Waals surface area contributed by atoms with Gasteiger partial charge in [-0.25, -0.2) is 0 Å². The molecule has 4 saturated carbocycles. The molecule has 6 heteroatoms. The zero-order valence-electron chi connectivity index (χ0n) is 26.2. The fourth-order valence-electron chi connectivity index (χ4n) is 11.2. The molecule has 0 aromatic rings. The molecule has 5 atom stereocenters. The molecule has 0 radical (unpaired) electrons. The van der Waals surface area contributed by atoms with Crippen molar-refractivity contribution in [1.29, 1.82) is 0 Å². The van der Waals surface area contributed by atoms with E-state index in [9.17, 15) is 0 Å². The third kappa shape index (κ3) is 4.85. The third-order valence-electron chi connectivity index (χ3n) is 12.7. The highest BCUT2D eigenvalue weighted by atomic mass is 31.0. The number of piperidine rings is 2. The summed E-state index contributed by atoms with van der Waals surface area (Å²) in [5, 5.41) is 10.0. The lowest BCUT2D eigenvalue weighted by Gasteiger charge is -2.64. The molecule has 2 heterocycles. The van der Waals surface area contributed by atoms with E-state index in [1.54, 1.807) is 6.42 Å². The second-order valence-corrected chi connectivity index (χ2v) is 28.8. The Morgan fingerprint density at radius 2 is 1.36 bits per heavy atom. The molecular weight excluding hydrogens is 542 g/mol. The first-order valence-corrected chi connectivity index (χ1v) is 25.3. The van der Waals surface area contributed by atoms with Crippen LogP contribution in [0.15, 0.2) is 22.4 Å². The molecule has 2 N–H and O–H groups in total. The van der Waals surface area contributed by atoms with E-state index in [4.69, 9.17) is 0 Å². The number of rotatable bonds is 7. The van der Waals surface area contributed by atoms with Crippen molar-refractivity contribution in [3.8, 4) is 0 Å². The number of nitrogens with one attached hydrogen (secondary N) is 2. The molecule has 5 aliphatic carbocycles. The predicted octanol–water partition coefficient (Wildman–Crippen LogP) is 7.74. The van der Waals surface area contributed by atoms with Crippen LogP contribution < -0.4 is 10.6 Å². The van der Waals surface area contributed by atoms with E-state index in [1.807, 2.05) is 16.3 Å². The van der Waals surface area contributed by atoms with Gasteiger partial charge in [0.2, 0.25) is 0 Å². The molecule has 7 aliphatic rings. The second-order valence-electron chi connectivity index (χ2n) is 17.0. The van der Waals surface area contributed by atoms with E-state index < -0.39 is 16.1 Å². The van der Waals surface area contributed by atoms with Crippen LogP contribution in [0.5, 0.6) is 0 Å². The molecule has 0 aromatic heterocycles. The Bertz CT molecular complexity index is 948. The van der Waals surface area contributed by atoms with Gasteiger partial charge in [-0.2, -0.15) is 0 Å². The molecular formula is C33H60N2P2Si2. The second kappa shape index (κ2) is 10.7. The lowest BCUT2D eigenvalue weighted by atomic mass is 9.43. The standard InChI is InChI=1S/C33H60N2P2Si2/c1-38(2,3)29-18-28(33(37,24-9-7-11-34-19-24)25-10-8-12-35-20-25)30(31(29)39(4,5)6)32(21-36)26-14-22-13-23(16-26)17-27(32)15-22/h18,22-27,29,34-35H,7-17,19-21,36-37H2,1-6H3. The van der Waals surface area contributed by atoms with Gasteiger partial charge in [-0.05, 0) is 142 Å². The quantitative estimate of drug-likeness (QED) is 0.230. The molecule has 2 saturated heterocycles. The van der Waals surface area contributed by atoms with E-state index in [0.29, 0.717) is 5.41 Å². The zero-order valence-corrected chi connectivity index (χ0v) is 30.5. The first-order valence-electron chi connectivity index (χ1n) is 16.8. The Balaban J connectivity index is 1.60. The van der Waals surface area contributed by atoms with Crippen LogP contribution in [0.2, 0.25) is 44.8 Å². The Morgan fingerprint density at radius 1 is 0.846 bits per heavy atom. The van der Waals surface area contributed by atoms with Crippen molar-refractivity contribution in [2.75, 3.05) is 32.3 Å². The van der Waals surface area contributed by atoms with Crippen LogP contribution in [0.3, 0.4) is 0 Å². The van der Waals surface area contributed by atoms with Crippen molar-refractivity contribution in [3.05, 3.63) is 22.4 Å². The molecule has 2 nitrogen and oxygen atoms in total. The number of hydrogen-bond donors (Lipinski definition) is 2. The lowest BCUT2D eigenvalue weighted by Crippen LogP contribution is -2.58. The largest absolute Gasteiger partial charge is 0.316 e. The molecule has 4 bridgehead atoms. The van der Waals surface area contributed by atoms with E-state index in [-0.39, 0.29) is 5.16 Å². The van der Waals surface area contributed by atoms with Crippen molar-refractivity contribution in [2.24, 2.45) is 40.9 Å². The maximum atomic E-state index is 3.89. The molecule has 6 fully saturated rings. The monoisotopic (exact) mass is 602 g/mol. The molecule has 39 heavy (non-hydrogen) atoms. The van der Waals surface area contributed by atoms with Gasteiger partial charge in [0.15, 0.2) is 0 Å². The maximum absolute atomic E-state index is 3.89. The summed E-state index contributed by atoms with van der Waals surface area (Å²) in [7, 11) is 4.07. The normalized spacial score (nSPS) is 42.6. The first kappa shape index (κ1) is 29.8. The van der Waals surface area contributed by atoms with Crippen molar-refractivity contribution >= 4 is 34.6 Å². The first-order chi connectivity index (χ1) is 18.4. The van der Waals surface area contributed by atoms with Gasteiger partial charge in [0.05, 0.1) is 16.1 Å². The van der Waals surface area contributed by atoms with Gasteiger partial charge in [-0.3, -0.25) is 0 Å². The van der Waals surface area contributed by atoms with Gasteiger partial charge in [-0.1, -0.05) is 50.6 Å². The Labute approximate surface area is 248 Å². The Kier molecular flexibility index (Phi) is 8.16. The van der Waals surface area contributed by atoms with Gasteiger partial charge >= 0.3 is 0 Å². The Hall–Kier alpha value is 0.694. The van der Waals surface area contributed by atoms with Gasteiger partial charge in [0, 0.05) is 10.6 Å². The van der Waals surface area contributed by atoms with Crippen molar-refractivity contribution < 1.29 is 0 Å². The van der Waals surface area contributed by atoms with Crippen LogP contribution in [0.1, 0.15) is 57.8 Å². The minimum absolute atomic E-state index is 0.191. The van der Waals surface area contributed by atoms with Gasteiger partial charge in [0.25, 0.3) is 0 Å². The van der Waals surface area contributed by atoms with E-state index in [0.717, 1.165) is 41.0 Å². The van der Waals surface area contributed by atoms with Gasteiger partial charge in [0.1, 0.15) is 0 Å². The molecule has 220 valence electrons. The highest BCUT2D eigenvalue weighted by Gasteiger charge is 2.63. The molecule has 5 unspecified atom stereocenters. The van der Waals surface area contributed by atoms with E-state index in [2.05, 4.69) is 74.5 Å². The summed E-state index contributed by atoms with van der Waals surface area (Å²) >= 11 is 0.